The van der Waals surface area contributed by atoms with Crippen molar-refractivity contribution in [2.24, 2.45) is 0 Å². The molecular weight excluding hydrogens is 218 g/mol. The Morgan fingerprint density at radius 1 is 1.29 bits per heavy atom. The zero-order valence-electron chi connectivity index (χ0n) is 10.4. The summed E-state index contributed by atoms with van der Waals surface area (Å²) in [5, 5.41) is 0. The van der Waals surface area contributed by atoms with E-state index in [1.165, 1.54) is 0 Å². The molecule has 1 heterocycles. The maximum Gasteiger partial charge on any atom is 0.321 e. The van der Waals surface area contributed by atoms with Gasteiger partial charge in [-0.2, -0.15) is 0 Å². The predicted molar refractivity (Wildman–Crippen MR) is 64.2 cm³/mol. The first-order valence-electron chi connectivity index (χ1n) is 5.89. The molecule has 0 bridgehead atoms. The number of rotatable bonds is 3. The van der Waals surface area contributed by atoms with E-state index in [-0.39, 0.29) is 5.91 Å². The Morgan fingerprint density at radius 3 is 2.59 bits per heavy atom. The number of fused-ring (bicyclic) bond motifs is 1. The first-order chi connectivity index (χ1) is 8.17. The van der Waals surface area contributed by atoms with Crippen LogP contribution >= 0.6 is 0 Å². The van der Waals surface area contributed by atoms with Gasteiger partial charge in [0.15, 0.2) is 11.5 Å². The second-order valence-electron chi connectivity index (χ2n) is 3.98. The minimum atomic E-state index is -0.828. The number of benzene rings is 1. The molecule has 0 N–H and O–H groups in total. The summed E-state index contributed by atoms with van der Waals surface area (Å²) in [6.07, 6.45) is -0.828. The second kappa shape index (κ2) is 4.65. The summed E-state index contributed by atoms with van der Waals surface area (Å²) in [4.78, 5) is 13.8. The van der Waals surface area contributed by atoms with Crippen LogP contribution in [0.4, 0.5) is 0 Å². The van der Waals surface area contributed by atoms with Gasteiger partial charge in [0, 0.05) is 13.1 Å². The molecule has 1 atom stereocenters. The number of carbonyl (C=O) groups is 1. The fourth-order valence-electron chi connectivity index (χ4n) is 1.90. The maximum atomic E-state index is 12.1. The van der Waals surface area contributed by atoms with Crippen LogP contribution in [0.2, 0.25) is 0 Å². The highest BCUT2D eigenvalue weighted by Crippen LogP contribution is 2.37. The lowest BCUT2D eigenvalue weighted by Gasteiger charge is -2.21. The molecule has 92 valence electrons. The summed E-state index contributed by atoms with van der Waals surface area (Å²) in [6.45, 7) is 7.14. The Hall–Kier alpha value is -1.71. The largest absolute Gasteiger partial charge is 0.442 e. The van der Waals surface area contributed by atoms with E-state index in [4.69, 9.17) is 9.47 Å². The van der Waals surface area contributed by atoms with E-state index in [9.17, 15) is 4.79 Å². The van der Waals surface area contributed by atoms with Crippen LogP contribution in [0.25, 0.3) is 0 Å². The lowest BCUT2D eigenvalue weighted by Crippen LogP contribution is -2.43. The van der Waals surface area contributed by atoms with Gasteiger partial charge in [-0.1, -0.05) is 12.1 Å². The maximum absolute atomic E-state index is 12.1. The van der Waals surface area contributed by atoms with E-state index in [0.29, 0.717) is 24.6 Å². The first kappa shape index (κ1) is 11.8. The monoisotopic (exact) mass is 235 g/mol. The topological polar surface area (TPSA) is 38.8 Å². The molecule has 0 radical (unpaired) electrons. The molecule has 1 aliphatic heterocycles. The van der Waals surface area contributed by atoms with Gasteiger partial charge in [0.05, 0.1) is 0 Å². The van der Waals surface area contributed by atoms with Crippen molar-refractivity contribution in [3.8, 4) is 11.5 Å². The van der Waals surface area contributed by atoms with Crippen molar-refractivity contribution in [2.45, 2.75) is 27.1 Å². The Bertz CT molecular complexity index is 427. The van der Waals surface area contributed by atoms with Crippen LogP contribution in [0.5, 0.6) is 11.5 Å². The summed E-state index contributed by atoms with van der Waals surface area (Å²) >= 11 is 0. The Kier molecular flexibility index (Phi) is 3.22. The summed E-state index contributed by atoms with van der Waals surface area (Å²) < 4.78 is 11.1. The molecule has 1 aliphatic rings. The van der Waals surface area contributed by atoms with E-state index in [0.717, 1.165) is 5.56 Å². The average Bonchev–Trinajstić information content (AvgIpc) is 2.76. The molecule has 0 aromatic heterocycles. The predicted octanol–water partition coefficient (Wildman–Crippen LogP) is 1.96. The Labute approximate surface area is 101 Å². The molecule has 4 nitrogen and oxygen atoms in total. The highest BCUT2D eigenvalue weighted by atomic mass is 16.7. The SMILES string of the molecule is CCN(CC)C(=O)[C@H]1Oc2cccc(C)c2O1. The van der Waals surface area contributed by atoms with Gasteiger partial charge < -0.3 is 14.4 Å². The third-order valence-corrected chi connectivity index (χ3v) is 2.91. The van der Waals surface area contributed by atoms with Crippen molar-refractivity contribution in [2.75, 3.05) is 13.1 Å². The quantitative estimate of drug-likeness (QED) is 0.804. The van der Waals surface area contributed by atoms with Crippen molar-refractivity contribution >= 4 is 5.91 Å². The fraction of sp³-hybridized carbons (Fsp3) is 0.462. The number of amides is 1. The molecule has 0 spiro atoms. The van der Waals surface area contributed by atoms with Crippen LogP contribution in [-0.2, 0) is 4.79 Å². The first-order valence-corrected chi connectivity index (χ1v) is 5.89. The van der Waals surface area contributed by atoms with Gasteiger partial charge in [-0.3, -0.25) is 4.79 Å². The molecule has 0 saturated heterocycles. The van der Waals surface area contributed by atoms with Crippen LogP contribution in [0.15, 0.2) is 18.2 Å². The standard InChI is InChI=1S/C13H17NO3/c1-4-14(5-2)12(15)13-16-10-8-6-7-9(3)11(10)17-13/h6-8,13H,4-5H2,1-3H3/t13-/m0/s1. The number of likely N-dealkylation sites (N-methyl/N-ethyl adjacent to an activating group) is 1. The number of para-hydroxylation sites is 1. The second-order valence-corrected chi connectivity index (χ2v) is 3.98. The van der Waals surface area contributed by atoms with E-state index in [2.05, 4.69) is 0 Å². The highest BCUT2D eigenvalue weighted by Gasteiger charge is 2.33. The van der Waals surface area contributed by atoms with Gasteiger partial charge in [-0.05, 0) is 32.4 Å². The summed E-state index contributed by atoms with van der Waals surface area (Å²) in [5.74, 6) is 1.21. The molecule has 0 unspecified atom stereocenters. The lowest BCUT2D eigenvalue weighted by atomic mass is 10.2. The zero-order valence-corrected chi connectivity index (χ0v) is 10.4. The summed E-state index contributed by atoms with van der Waals surface area (Å²) in [5.41, 5.74) is 0.984. The van der Waals surface area contributed by atoms with Crippen molar-refractivity contribution in [3.05, 3.63) is 23.8 Å². The number of ether oxygens (including phenoxy) is 2. The van der Waals surface area contributed by atoms with Crippen LogP contribution in [0.3, 0.4) is 0 Å². The number of hydrogen-bond donors (Lipinski definition) is 0. The fourth-order valence-corrected chi connectivity index (χ4v) is 1.90. The highest BCUT2D eigenvalue weighted by molar-refractivity contribution is 5.81. The van der Waals surface area contributed by atoms with Crippen LogP contribution in [-0.4, -0.2) is 30.2 Å². The van der Waals surface area contributed by atoms with Gasteiger partial charge in [-0.25, -0.2) is 0 Å². The molecular formula is C13H17NO3. The van der Waals surface area contributed by atoms with E-state index in [1.54, 1.807) is 4.90 Å². The molecule has 17 heavy (non-hydrogen) atoms. The minimum absolute atomic E-state index is 0.120. The number of nitrogens with zero attached hydrogens (tertiary/aromatic N) is 1. The van der Waals surface area contributed by atoms with Gasteiger partial charge in [-0.15, -0.1) is 0 Å². The van der Waals surface area contributed by atoms with Gasteiger partial charge >= 0.3 is 12.2 Å². The molecule has 1 amide bonds. The zero-order chi connectivity index (χ0) is 12.4. The van der Waals surface area contributed by atoms with E-state index < -0.39 is 6.29 Å². The van der Waals surface area contributed by atoms with Crippen LogP contribution in [0, 0.1) is 6.92 Å². The van der Waals surface area contributed by atoms with Crippen molar-refractivity contribution in [1.82, 2.24) is 4.90 Å². The van der Waals surface area contributed by atoms with Crippen molar-refractivity contribution in [3.63, 3.8) is 0 Å². The molecule has 1 aromatic rings. The number of aryl methyl sites for hydroxylation is 1. The molecule has 0 saturated carbocycles. The van der Waals surface area contributed by atoms with E-state index in [1.807, 2.05) is 39.0 Å². The molecule has 4 heteroatoms. The lowest BCUT2D eigenvalue weighted by molar-refractivity contribution is -0.147. The normalized spacial score (nSPS) is 17.0. The molecule has 1 aromatic carbocycles. The molecule has 2 rings (SSSR count). The smallest absolute Gasteiger partial charge is 0.321 e. The van der Waals surface area contributed by atoms with Gasteiger partial charge in [0.25, 0.3) is 0 Å². The average molecular weight is 235 g/mol. The van der Waals surface area contributed by atoms with Crippen molar-refractivity contribution < 1.29 is 14.3 Å². The van der Waals surface area contributed by atoms with Gasteiger partial charge in [0.1, 0.15) is 0 Å². The molecule has 0 fully saturated rings. The third kappa shape index (κ3) is 2.07. The molecule has 0 aliphatic carbocycles. The minimum Gasteiger partial charge on any atom is -0.442 e. The number of hydrogen-bond acceptors (Lipinski definition) is 3. The van der Waals surface area contributed by atoms with Crippen LogP contribution < -0.4 is 9.47 Å². The summed E-state index contributed by atoms with van der Waals surface area (Å²) in [6, 6.07) is 5.64. The Morgan fingerprint density at radius 2 is 2.00 bits per heavy atom. The number of carbonyl (C=O) groups excluding carboxylic acids is 1. The Balaban J connectivity index is 2.15. The summed E-state index contributed by atoms with van der Waals surface area (Å²) in [7, 11) is 0. The van der Waals surface area contributed by atoms with Crippen LogP contribution in [0.1, 0.15) is 19.4 Å². The van der Waals surface area contributed by atoms with Gasteiger partial charge in [0.2, 0.25) is 0 Å². The van der Waals surface area contributed by atoms with E-state index >= 15 is 0 Å². The third-order valence-electron chi connectivity index (χ3n) is 2.91. The van der Waals surface area contributed by atoms with Crippen molar-refractivity contribution in [1.29, 1.82) is 0 Å².